The van der Waals surface area contributed by atoms with Crippen molar-refractivity contribution in [3.05, 3.63) is 35.9 Å². The van der Waals surface area contributed by atoms with Crippen molar-refractivity contribution >= 4 is 17.7 Å². The predicted molar refractivity (Wildman–Crippen MR) is 90.2 cm³/mol. The summed E-state index contributed by atoms with van der Waals surface area (Å²) in [6.07, 6.45) is 5.02. The van der Waals surface area contributed by atoms with E-state index in [-0.39, 0.29) is 5.91 Å². The minimum Gasteiger partial charge on any atom is -0.368 e. The summed E-state index contributed by atoms with van der Waals surface area (Å²) in [4.78, 5) is 12.0. The lowest BCUT2D eigenvalue weighted by Gasteiger charge is -2.39. The number of carbonyl (C=O) groups is 1. The molecule has 1 aliphatic rings. The topological polar surface area (TPSA) is 55.1 Å². The average molecular weight is 306 g/mol. The van der Waals surface area contributed by atoms with Crippen molar-refractivity contribution in [1.82, 2.24) is 5.32 Å². The molecule has 0 spiro atoms. The van der Waals surface area contributed by atoms with Crippen LogP contribution in [-0.2, 0) is 10.5 Å². The number of benzene rings is 1. The molecule has 1 aromatic rings. The fourth-order valence-electron chi connectivity index (χ4n) is 2.99. The van der Waals surface area contributed by atoms with Crippen LogP contribution in [0.25, 0.3) is 0 Å². The fourth-order valence-corrected chi connectivity index (χ4v) is 4.35. The molecule has 2 rings (SSSR count). The van der Waals surface area contributed by atoms with Gasteiger partial charge >= 0.3 is 0 Å². The zero-order valence-corrected chi connectivity index (χ0v) is 13.6. The van der Waals surface area contributed by atoms with E-state index < -0.39 is 5.54 Å². The number of hydrogen-bond donors (Lipinski definition) is 2. The van der Waals surface area contributed by atoms with Gasteiger partial charge in [0.15, 0.2) is 0 Å². The quantitative estimate of drug-likeness (QED) is 0.814. The number of nitrogens with one attached hydrogen (secondary N) is 1. The third kappa shape index (κ3) is 4.48. The molecule has 4 heteroatoms. The van der Waals surface area contributed by atoms with Crippen LogP contribution in [0.4, 0.5) is 0 Å². The Hall–Kier alpha value is -1.00. The minimum atomic E-state index is -0.484. The van der Waals surface area contributed by atoms with Crippen molar-refractivity contribution in [2.75, 3.05) is 6.54 Å². The first-order chi connectivity index (χ1) is 10.2. The molecule has 2 unspecified atom stereocenters. The van der Waals surface area contributed by atoms with Crippen molar-refractivity contribution in [2.45, 2.75) is 55.6 Å². The maximum atomic E-state index is 12.0. The van der Waals surface area contributed by atoms with Gasteiger partial charge in [0, 0.05) is 11.0 Å². The SMILES string of the molecule is CCCNC1(C(N)=O)CCCC(SCc2ccccc2)C1. The molecule has 1 amide bonds. The van der Waals surface area contributed by atoms with Gasteiger partial charge in [-0.3, -0.25) is 4.79 Å². The van der Waals surface area contributed by atoms with E-state index in [0.717, 1.165) is 38.0 Å². The van der Waals surface area contributed by atoms with Crippen molar-refractivity contribution in [2.24, 2.45) is 5.73 Å². The maximum absolute atomic E-state index is 12.0. The Kier molecular flexibility index (Phi) is 6.12. The Labute approximate surface area is 132 Å². The molecule has 0 saturated heterocycles. The smallest absolute Gasteiger partial charge is 0.237 e. The Morgan fingerprint density at radius 1 is 1.43 bits per heavy atom. The van der Waals surface area contributed by atoms with E-state index in [1.54, 1.807) is 0 Å². The summed E-state index contributed by atoms with van der Waals surface area (Å²) in [6, 6.07) is 10.5. The third-order valence-corrected chi connectivity index (χ3v) is 5.59. The van der Waals surface area contributed by atoms with Crippen LogP contribution >= 0.6 is 11.8 Å². The number of amides is 1. The van der Waals surface area contributed by atoms with Crippen LogP contribution in [0.1, 0.15) is 44.6 Å². The van der Waals surface area contributed by atoms with Crippen molar-refractivity contribution in [3.63, 3.8) is 0 Å². The van der Waals surface area contributed by atoms with Gasteiger partial charge in [0.1, 0.15) is 0 Å². The third-order valence-electron chi connectivity index (χ3n) is 4.22. The molecule has 21 heavy (non-hydrogen) atoms. The van der Waals surface area contributed by atoms with Crippen LogP contribution in [0, 0.1) is 0 Å². The van der Waals surface area contributed by atoms with Gasteiger partial charge in [0.05, 0.1) is 5.54 Å². The summed E-state index contributed by atoms with van der Waals surface area (Å²) in [7, 11) is 0. The van der Waals surface area contributed by atoms with E-state index in [1.807, 2.05) is 17.8 Å². The molecule has 0 radical (unpaired) electrons. The highest BCUT2D eigenvalue weighted by Crippen LogP contribution is 2.36. The van der Waals surface area contributed by atoms with Gasteiger partial charge in [-0.15, -0.1) is 0 Å². The van der Waals surface area contributed by atoms with E-state index in [2.05, 4.69) is 36.5 Å². The molecule has 1 aliphatic carbocycles. The van der Waals surface area contributed by atoms with Gasteiger partial charge in [-0.2, -0.15) is 11.8 Å². The van der Waals surface area contributed by atoms with Crippen LogP contribution in [-0.4, -0.2) is 23.2 Å². The van der Waals surface area contributed by atoms with Gasteiger partial charge in [-0.05, 0) is 44.2 Å². The number of carbonyl (C=O) groups excluding carboxylic acids is 1. The first-order valence-corrected chi connectivity index (χ1v) is 8.91. The first kappa shape index (κ1) is 16.4. The van der Waals surface area contributed by atoms with Gasteiger partial charge < -0.3 is 11.1 Å². The molecule has 3 N–H and O–H groups in total. The zero-order valence-electron chi connectivity index (χ0n) is 12.8. The zero-order chi connectivity index (χ0) is 15.1. The second-order valence-electron chi connectivity index (χ2n) is 5.89. The lowest BCUT2D eigenvalue weighted by atomic mass is 9.80. The second-order valence-corrected chi connectivity index (χ2v) is 7.18. The van der Waals surface area contributed by atoms with Gasteiger partial charge in [0.2, 0.25) is 5.91 Å². The normalized spacial score (nSPS) is 25.7. The molecule has 0 heterocycles. The van der Waals surface area contributed by atoms with E-state index in [1.165, 1.54) is 12.0 Å². The van der Waals surface area contributed by atoms with Gasteiger partial charge in [0.25, 0.3) is 0 Å². The predicted octanol–water partition coefficient (Wildman–Crippen LogP) is 3.09. The highest BCUT2D eigenvalue weighted by molar-refractivity contribution is 7.99. The summed E-state index contributed by atoms with van der Waals surface area (Å²) >= 11 is 1.96. The summed E-state index contributed by atoms with van der Waals surface area (Å²) < 4.78 is 0. The lowest BCUT2D eigenvalue weighted by Crippen LogP contribution is -2.58. The van der Waals surface area contributed by atoms with Gasteiger partial charge in [-0.25, -0.2) is 0 Å². The molecule has 1 saturated carbocycles. The molecule has 2 atom stereocenters. The standard InChI is InChI=1S/C17H26N2OS/c1-2-11-19-17(16(18)20)10-6-9-15(12-17)21-13-14-7-4-3-5-8-14/h3-5,7-8,15,19H,2,6,9-13H2,1H3,(H2,18,20). The van der Waals surface area contributed by atoms with Crippen LogP contribution in [0.5, 0.6) is 0 Å². The highest BCUT2D eigenvalue weighted by atomic mass is 32.2. The lowest BCUT2D eigenvalue weighted by molar-refractivity contribution is -0.125. The number of primary amides is 1. The summed E-state index contributed by atoms with van der Waals surface area (Å²) in [5.41, 5.74) is 6.56. The van der Waals surface area contributed by atoms with Crippen LogP contribution in [0.3, 0.4) is 0 Å². The molecule has 3 nitrogen and oxygen atoms in total. The largest absolute Gasteiger partial charge is 0.368 e. The van der Waals surface area contributed by atoms with Crippen molar-refractivity contribution in [3.8, 4) is 0 Å². The van der Waals surface area contributed by atoms with Crippen LogP contribution in [0.15, 0.2) is 30.3 Å². The molecule has 0 aromatic heterocycles. The Morgan fingerprint density at radius 2 is 2.19 bits per heavy atom. The molecular formula is C17H26N2OS. The van der Waals surface area contributed by atoms with Crippen molar-refractivity contribution in [1.29, 1.82) is 0 Å². The van der Waals surface area contributed by atoms with Crippen LogP contribution in [0.2, 0.25) is 0 Å². The number of nitrogens with two attached hydrogens (primary N) is 1. The number of rotatable bonds is 7. The van der Waals surface area contributed by atoms with Crippen LogP contribution < -0.4 is 11.1 Å². The highest BCUT2D eigenvalue weighted by Gasteiger charge is 2.40. The van der Waals surface area contributed by atoms with Gasteiger partial charge in [-0.1, -0.05) is 37.3 Å². The molecule has 0 aliphatic heterocycles. The Morgan fingerprint density at radius 3 is 2.86 bits per heavy atom. The first-order valence-electron chi connectivity index (χ1n) is 7.87. The Bertz CT molecular complexity index is 451. The summed E-state index contributed by atoms with van der Waals surface area (Å²) in [6.45, 7) is 2.98. The maximum Gasteiger partial charge on any atom is 0.237 e. The Balaban J connectivity index is 1.93. The summed E-state index contributed by atoms with van der Waals surface area (Å²) in [5.74, 6) is 0.828. The van der Waals surface area contributed by atoms with E-state index in [4.69, 9.17) is 5.73 Å². The second kappa shape index (κ2) is 7.85. The summed E-state index contributed by atoms with van der Waals surface area (Å²) in [5, 5.41) is 3.93. The molecule has 116 valence electrons. The molecule has 1 aromatic carbocycles. The molecular weight excluding hydrogens is 280 g/mol. The minimum absolute atomic E-state index is 0.180. The van der Waals surface area contributed by atoms with E-state index in [0.29, 0.717) is 5.25 Å². The fraction of sp³-hybridized carbons (Fsp3) is 0.588. The average Bonchev–Trinajstić information content (AvgIpc) is 2.52. The monoisotopic (exact) mass is 306 g/mol. The van der Waals surface area contributed by atoms with E-state index in [9.17, 15) is 4.79 Å². The van der Waals surface area contributed by atoms with E-state index >= 15 is 0 Å². The van der Waals surface area contributed by atoms with Crippen molar-refractivity contribution < 1.29 is 4.79 Å². The molecule has 0 bridgehead atoms. The molecule has 1 fully saturated rings. The number of hydrogen-bond acceptors (Lipinski definition) is 3. The number of thioether (sulfide) groups is 1.